The van der Waals surface area contributed by atoms with Crippen LogP contribution in [0.25, 0.3) is 0 Å². The SMILES string of the molecule is CCCC(C)(CCC)c1cc(N)c(N)c(N)c1N. The number of hydrogen-bond donors (Lipinski definition) is 4. The smallest absolute Gasteiger partial charge is 0.0805 e. The van der Waals surface area contributed by atoms with Crippen LogP contribution in [-0.4, -0.2) is 0 Å². The van der Waals surface area contributed by atoms with Crippen molar-refractivity contribution in [3.05, 3.63) is 11.6 Å². The van der Waals surface area contributed by atoms with Crippen LogP contribution < -0.4 is 22.9 Å². The Hall–Kier alpha value is -1.58. The van der Waals surface area contributed by atoms with Gasteiger partial charge in [-0.1, -0.05) is 33.6 Å². The molecule has 0 spiro atoms. The van der Waals surface area contributed by atoms with Gasteiger partial charge in [0, 0.05) is 0 Å². The second-order valence-electron chi connectivity index (χ2n) is 5.32. The summed E-state index contributed by atoms with van der Waals surface area (Å²) < 4.78 is 0. The summed E-state index contributed by atoms with van der Waals surface area (Å²) in [5, 5.41) is 0. The number of nitrogens with two attached hydrogens (primary N) is 4. The molecule has 102 valence electrons. The predicted octanol–water partition coefficient (Wildman–Crippen LogP) is 2.87. The molecule has 18 heavy (non-hydrogen) atoms. The minimum atomic E-state index is 0.0174. The molecule has 0 aromatic heterocycles. The van der Waals surface area contributed by atoms with Gasteiger partial charge in [-0.15, -0.1) is 0 Å². The van der Waals surface area contributed by atoms with E-state index >= 15 is 0 Å². The number of anilines is 4. The maximum atomic E-state index is 6.14. The first-order chi connectivity index (χ1) is 8.37. The Morgan fingerprint density at radius 1 is 0.889 bits per heavy atom. The van der Waals surface area contributed by atoms with E-state index in [4.69, 9.17) is 22.9 Å². The van der Waals surface area contributed by atoms with Gasteiger partial charge in [0.05, 0.1) is 22.7 Å². The lowest BCUT2D eigenvalue weighted by molar-refractivity contribution is 0.393. The molecule has 0 aliphatic rings. The van der Waals surface area contributed by atoms with Crippen LogP contribution in [0.4, 0.5) is 22.7 Å². The Bertz CT molecular complexity index is 420. The fourth-order valence-electron chi connectivity index (χ4n) is 2.75. The largest absolute Gasteiger partial charge is 0.397 e. The van der Waals surface area contributed by atoms with E-state index in [-0.39, 0.29) is 5.41 Å². The van der Waals surface area contributed by atoms with Gasteiger partial charge in [-0.25, -0.2) is 0 Å². The average Bonchev–Trinajstić information content (AvgIpc) is 2.31. The maximum Gasteiger partial charge on any atom is 0.0805 e. The molecule has 0 radical (unpaired) electrons. The standard InChI is InChI=1S/C14H26N4/c1-4-6-14(3,7-5-2)9-8-10(15)12(17)13(18)11(9)16/h8H,4-7,15-18H2,1-3H3. The summed E-state index contributed by atoms with van der Waals surface area (Å²) in [4.78, 5) is 0. The van der Waals surface area contributed by atoms with Crippen LogP contribution in [-0.2, 0) is 5.41 Å². The van der Waals surface area contributed by atoms with Gasteiger partial charge >= 0.3 is 0 Å². The summed E-state index contributed by atoms with van der Waals surface area (Å²) in [6.07, 6.45) is 4.32. The minimum absolute atomic E-state index is 0.0174. The molecule has 0 fully saturated rings. The second kappa shape index (κ2) is 5.38. The summed E-state index contributed by atoms with van der Waals surface area (Å²) in [5.41, 5.74) is 26.8. The summed E-state index contributed by atoms with van der Waals surface area (Å²) >= 11 is 0. The highest BCUT2D eigenvalue weighted by Crippen LogP contribution is 2.43. The van der Waals surface area contributed by atoms with Crippen LogP contribution in [0.2, 0.25) is 0 Å². The number of benzene rings is 1. The van der Waals surface area contributed by atoms with Gasteiger partial charge < -0.3 is 22.9 Å². The maximum absolute atomic E-state index is 6.14. The van der Waals surface area contributed by atoms with E-state index in [2.05, 4.69) is 20.8 Å². The lowest BCUT2D eigenvalue weighted by atomic mass is 9.74. The highest BCUT2D eigenvalue weighted by molar-refractivity contribution is 5.88. The first-order valence-electron chi connectivity index (χ1n) is 6.60. The second-order valence-corrected chi connectivity index (χ2v) is 5.32. The summed E-state index contributed by atoms with van der Waals surface area (Å²) in [5.74, 6) is 0. The summed E-state index contributed by atoms with van der Waals surface area (Å²) in [7, 11) is 0. The molecule has 1 aromatic rings. The van der Waals surface area contributed by atoms with Gasteiger partial charge in [0.25, 0.3) is 0 Å². The number of rotatable bonds is 5. The van der Waals surface area contributed by atoms with Gasteiger partial charge in [-0.3, -0.25) is 0 Å². The van der Waals surface area contributed by atoms with Crippen LogP contribution in [0.5, 0.6) is 0 Å². The van der Waals surface area contributed by atoms with Crippen molar-refractivity contribution in [2.24, 2.45) is 0 Å². The lowest BCUT2D eigenvalue weighted by Gasteiger charge is -2.32. The molecule has 0 unspecified atom stereocenters. The molecule has 0 aliphatic carbocycles. The molecule has 0 bridgehead atoms. The summed E-state index contributed by atoms with van der Waals surface area (Å²) in [6, 6.07) is 1.90. The average molecular weight is 250 g/mol. The van der Waals surface area contributed by atoms with Crippen molar-refractivity contribution in [2.45, 2.75) is 51.9 Å². The molecule has 1 aromatic carbocycles. The Morgan fingerprint density at radius 2 is 1.39 bits per heavy atom. The van der Waals surface area contributed by atoms with E-state index in [0.29, 0.717) is 22.7 Å². The lowest BCUT2D eigenvalue weighted by Crippen LogP contribution is -2.24. The molecule has 0 aliphatic heterocycles. The Morgan fingerprint density at radius 3 is 1.83 bits per heavy atom. The van der Waals surface area contributed by atoms with Crippen molar-refractivity contribution in [3.8, 4) is 0 Å². The van der Waals surface area contributed by atoms with Crippen LogP contribution >= 0.6 is 0 Å². The molecule has 0 heterocycles. The normalized spacial score (nSPS) is 11.7. The molecular weight excluding hydrogens is 224 g/mol. The first kappa shape index (κ1) is 14.5. The monoisotopic (exact) mass is 250 g/mol. The molecule has 0 amide bonds. The third-order valence-corrected chi connectivity index (χ3v) is 3.74. The van der Waals surface area contributed by atoms with Crippen molar-refractivity contribution < 1.29 is 0 Å². The van der Waals surface area contributed by atoms with E-state index < -0.39 is 0 Å². The third kappa shape index (κ3) is 2.47. The zero-order chi connectivity index (χ0) is 13.9. The number of nitrogen functional groups attached to an aromatic ring is 4. The predicted molar refractivity (Wildman–Crippen MR) is 81.3 cm³/mol. The quantitative estimate of drug-likeness (QED) is 0.603. The third-order valence-electron chi connectivity index (χ3n) is 3.74. The van der Waals surface area contributed by atoms with Crippen molar-refractivity contribution in [3.63, 3.8) is 0 Å². The molecule has 4 heteroatoms. The van der Waals surface area contributed by atoms with Crippen LogP contribution in [0.1, 0.15) is 52.0 Å². The van der Waals surface area contributed by atoms with E-state index in [1.807, 2.05) is 6.07 Å². The van der Waals surface area contributed by atoms with Crippen LogP contribution in [0.15, 0.2) is 6.07 Å². The highest BCUT2D eigenvalue weighted by atomic mass is 14.8. The van der Waals surface area contributed by atoms with Crippen molar-refractivity contribution in [1.82, 2.24) is 0 Å². The van der Waals surface area contributed by atoms with Crippen molar-refractivity contribution >= 4 is 22.7 Å². The molecular formula is C14H26N4. The van der Waals surface area contributed by atoms with Crippen LogP contribution in [0, 0.1) is 0 Å². The van der Waals surface area contributed by atoms with Crippen molar-refractivity contribution in [1.29, 1.82) is 0 Å². The molecule has 0 saturated carbocycles. The van der Waals surface area contributed by atoms with Crippen LogP contribution in [0.3, 0.4) is 0 Å². The molecule has 0 saturated heterocycles. The molecule has 8 N–H and O–H groups in total. The summed E-state index contributed by atoms with van der Waals surface area (Å²) in [6.45, 7) is 6.57. The minimum Gasteiger partial charge on any atom is -0.397 e. The van der Waals surface area contributed by atoms with E-state index in [9.17, 15) is 0 Å². The fraction of sp³-hybridized carbons (Fsp3) is 0.571. The first-order valence-corrected chi connectivity index (χ1v) is 6.60. The van der Waals surface area contributed by atoms with E-state index in [1.165, 1.54) is 0 Å². The topological polar surface area (TPSA) is 104 Å². The molecule has 1 rings (SSSR count). The van der Waals surface area contributed by atoms with Gasteiger partial charge in [0.2, 0.25) is 0 Å². The highest BCUT2D eigenvalue weighted by Gasteiger charge is 2.28. The molecule has 0 atom stereocenters. The number of hydrogen-bond acceptors (Lipinski definition) is 4. The van der Waals surface area contributed by atoms with E-state index in [0.717, 1.165) is 31.2 Å². The molecule has 4 nitrogen and oxygen atoms in total. The van der Waals surface area contributed by atoms with E-state index in [1.54, 1.807) is 0 Å². The Balaban J connectivity index is 3.37. The zero-order valence-corrected chi connectivity index (χ0v) is 11.7. The Kier molecular flexibility index (Phi) is 4.33. The Labute approximate surface area is 110 Å². The van der Waals surface area contributed by atoms with Gasteiger partial charge in [-0.2, -0.15) is 0 Å². The van der Waals surface area contributed by atoms with Gasteiger partial charge in [0.15, 0.2) is 0 Å². The van der Waals surface area contributed by atoms with Gasteiger partial charge in [0.1, 0.15) is 0 Å². The fourth-order valence-corrected chi connectivity index (χ4v) is 2.75. The van der Waals surface area contributed by atoms with Crippen molar-refractivity contribution in [2.75, 3.05) is 22.9 Å². The van der Waals surface area contributed by atoms with Gasteiger partial charge in [-0.05, 0) is 29.9 Å². The zero-order valence-electron chi connectivity index (χ0n) is 11.7.